The number of carbonyl (C=O) groups excluding carboxylic acids is 1. The highest BCUT2D eigenvalue weighted by Gasteiger charge is 2.21. The molecule has 3 aromatic rings. The Morgan fingerprint density at radius 2 is 2.03 bits per heavy atom. The monoisotopic (exact) mass is 420 g/mol. The number of piperidine rings is 1. The Morgan fingerprint density at radius 1 is 1.19 bits per heavy atom. The molecule has 1 aliphatic rings. The van der Waals surface area contributed by atoms with Crippen molar-refractivity contribution >= 4 is 16.9 Å². The van der Waals surface area contributed by atoms with Gasteiger partial charge in [-0.15, -0.1) is 0 Å². The van der Waals surface area contributed by atoms with E-state index in [9.17, 15) is 9.59 Å². The van der Waals surface area contributed by atoms with E-state index >= 15 is 0 Å². The molecule has 1 atom stereocenters. The number of aryl methyl sites for hydroxylation is 1. The van der Waals surface area contributed by atoms with E-state index in [2.05, 4.69) is 34.5 Å². The second kappa shape index (κ2) is 9.79. The highest BCUT2D eigenvalue weighted by molar-refractivity contribution is 5.82. The van der Waals surface area contributed by atoms with E-state index in [0.29, 0.717) is 11.3 Å². The summed E-state index contributed by atoms with van der Waals surface area (Å²) in [6, 6.07) is 17.4. The maximum absolute atomic E-state index is 12.4. The molecular formula is C25H28N2O4. The van der Waals surface area contributed by atoms with Crippen molar-refractivity contribution in [3.63, 3.8) is 0 Å². The Hall–Kier alpha value is -3.12. The Morgan fingerprint density at radius 3 is 2.84 bits per heavy atom. The lowest BCUT2D eigenvalue weighted by Gasteiger charge is -2.33. The first-order valence-corrected chi connectivity index (χ1v) is 10.9. The number of rotatable bonds is 7. The van der Waals surface area contributed by atoms with Crippen LogP contribution >= 0.6 is 0 Å². The van der Waals surface area contributed by atoms with Gasteiger partial charge in [0.2, 0.25) is 0 Å². The summed E-state index contributed by atoms with van der Waals surface area (Å²) in [5.41, 5.74) is 2.32. The fourth-order valence-corrected chi connectivity index (χ4v) is 4.17. The Balaban J connectivity index is 1.31. The minimum atomic E-state index is -0.378. The van der Waals surface area contributed by atoms with Crippen LogP contribution in [0.25, 0.3) is 11.0 Å². The van der Waals surface area contributed by atoms with Gasteiger partial charge in [0.25, 0.3) is 5.91 Å². The van der Waals surface area contributed by atoms with E-state index < -0.39 is 0 Å². The van der Waals surface area contributed by atoms with E-state index in [4.69, 9.17) is 9.15 Å². The van der Waals surface area contributed by atoms with Gasteiger partial charge >= 0.3 is 5.63 Å². The van der Waals surface area contributed by atoms with Gasteiger partial charge in [0.1, 0.15) is 11.3 Å². The second-order valence-corrected chi connectivity index (χ2v) is 8.02. The number of nitrogens with zero attached hydrogens (tertiary/aromatic N) is 1. The highest BCUT2D eigenvalue weighted by Crippen LogP contribution is 2.23. The summed E-state index contributed by atoms with van der Waals surface area (Å²) in [6.45, 7) is 4.70. The molecule has 0 bridgehead atoms. The smallest absolute Gasteiger partial charge is 0.336 e. The van der Waals surface area contributed by atoms with Crippen LogP contribution in [-0.2, 0) is 17.8 Å². The van der Waals surface area contributed by atoms with Crippen LogP contribution in [0, 0.1) is 0 Å². The number of hydrogen-bond acceptors (Lipinski definition) is 5. The standard InChI is InChI=1S/C25H28N2O4/c1-2-19-13-25(29)31-23-14-21(10-11-22(19)23)30-17-24(28)26-20-9-6-12-27(16-20)15-18-7-4-3-5-8-18/h3-5,7-8,10-11,13-14,20H,2,6,9,12,15-17H2,1H3,(H,26,28)/t20-/m0/s1. The lowest BCUT2D eigenvalue weighted by molar-refractivity contribution is -0.124. The normalized spacial score (nSPS) is 16.9. The molecule has 31 heavy (non-hydrogen) atoms. The molecule has 1 saturated heterocycles. The lowest BCUT2D eigenvalue weighted by atomic mass is 10.0. The predicted molar refractivity (Wildman–Crippen MR) is 120 cm³/mol. The van der Waals surface area contributed by atoms with Crippen LogP contribution < -0.4 is 15.7 Å². The average Bonchev–Trinajstić information content (AvgIpc) is 2.77. The fraction of sp³-hybridized carbons (Fsp3) is 0.360. The maximum Gasteiger partial charge on any atom is 0.336 e. The molecule has 0 unspecified atom stereocenters. The van der Waals surface area contributed by atoms with Crippen molar-refractivity contribution in [1.82, 2.24) is 10.2 Å². The molecule has 4 rings (SSSR count). The quantitative estimate of drug-likeness (QED) is 0.592. The molecule has 1 fully saturated rings. The highest BCUT2D eigenvalue weighted by atomic mass is 16.5. The summed E-state index contributed by atoms with van der Waals surface area (Å²) in [7, 11) is 0. The molecule has 2 heterocycles. The number of hydrogen-bond donors (Lipinski definition) is 1. The predicted octanol–water partition coefficient (Wildman–Crippen LogP) is 3.52. The van der Waals surface area contributed by atoms with Crippen molar-refractivity contribution in [1.29, 1.82) is 0 Å². The van der Waals surface area contributed by atoms with Gasteiger partial charge in [0.15, 0.2) is 6.61 Å². The van der Waals surface area contributed by atoms with Gasteiger partial charge in [-0.3, -0.25) is 9.69 Å². The fourth-order valence-electron chi connectivity index (χ4n) is 4.17. The first kappa shape index (κ1) is 21.1. The van der Waals surface area contributed by atoms with E-state index in [1.807, 2.05) is 19.1 Å². The number of nitrogens with one attached hydrogen (secondary N) is 1. The molecular weight excluding hydrogens is 392 g/mol. The Labute approximate surface area is 181 Å². The largest absolute Gasteiger partial charge is 0.484 e. The van der Waals surface area contributed by atoms with Crippen molar-refractivity contribution in [3.05, 3.63) is 76.1 Å². The van der Waals surface area contributed by atoms with Crippen molar-refractivity contribution < 1.29 is 13.9 Å². The van der Waals surface area contributed by atoms with E-state index in [0.717, 1.165) is 49.8 Å². The zero-order valence-electron chi connectivity index (χ0n) is 17.8. The van der Waals surface area contributed by atoms with Gasteiger partial charge in [-0.1, -0.05) is 37.3 Å². The molecule has 1 amide bonds. The summed E-state index contributed by atoms with van der Waals surface area (Å²) in [5, 5.41) is 3.98. The van der Waals surface area contributed by atoms with E-state index in [1.165, 1.54) is 11.6 Å². The summed E-state index contributed by atoms with van der Waals surface area (Å²) in [5.74, 6) is 0.365. The number of carbonyl (C=O) groups is 1. The molecule has 0 radical (unpaired) electrons. The third kappa shape index (κ3) is 5.52. The molecule has 1 aliphatic heterocycles. The van der Waals surface area contributed by atoms with Crippen LogP contribution in [0.4, 0.5) is 0 Å². The van der Waals surface area contributed by atoms with Crippen LogP contribution in [0.3, 0.4) is 0 Å². The second-order valence-electron chi connectivity index (χ2n) is 8.02. The van der Waals surface area contributed by atoms with Crippen molar-refractivity contribution in [2.75, 3.05) is 19.7 Å². The molecule has 6 heteroatoms. The number of benzene rings is 2. The molecule has 2 aromatic carbocycles. The van der Waals surface area contributed by atoms with Gasteiger partial charge in [-0.25, -0.2) is 4.79 Å². The van der Waals surface area contributed by atoms with Gasteiger partial charge in [0.05, 0.1) is 0 Å². The minimum absolute atomic E-state index is 0.0710. The van der Waals surface area contributed by atoms with Crippen LogP contribution in [0.15, 0.2) is 63.8 Å². The molecule has 0 spiro atoms. The van der Waals surface area contributed by atoms with Crippen LogP contribution in [0.1, 0.15) is 30.9 Å². The molecule has 1 N–H and O–H groups in total. The average molecular weight is 421 g/mol. The third-order valence-electron chi connectivity index (χ3n) is 5.67. The van der Waals surface area contributed by atoms with Gasteiger partial charge in [-0.2, -0.15) is 0 Å². The SMILES string of the molecule is CCc1cc(=O)oc2cc(OCC(=O)N[C@H]3CCCN(Cc4ccccc4)C3)ccc12. The number of fused-ring (bicyclic) bond motifs is 1. The van der Waals surface area contributed by atoms with Crippen LogP contribution in [-0.4, -0.2) is 36.5 Å². The first-order valence-electron chi connectivity index (χ1n) is 10.9. The van der Waals surface area contributed by atoms with Crippen LogP contribution in [0.2, 0.25) is 0 Å². The van der Waals surface area contributed by atoms with Crippen molar-refractivity contribution in [2.45, 2.75) is 38.8 Å². The minimum Gasteiger partial charge on any atom is -0.484 e. The van der Waals surface area contributed by atoms with Crippen molar-refractivity contribution in [2.24, 2.45) is 0 Å². The Kier molecular flexibility index (Phi) is 6.67. The summed E-state index contributed by atoms with van der Waals surface area (Å²) >= 11 is 0. The summed E-state index contributed by atoms with van der Waals surface area (Å²) in [4.78, 5) is 26.5. The molecule has 0 saturated carbocycles. The van der Waals surface area contributed by atoms with Gasteiger partial charge in [0, 0.05) is 36.7 Å². The molecule has 6 nitrogen and oxygen atoms in total. The molecule has 1 aromatic heterocycles. The van der Waals surface area contributed by atoms with E-state index in [-0.39, 0.29) is 24.2 Å². The van der Waals surface area contributed by atoms with E-state index in [1.54, 1.807) is 12.1 Å². The van der Waals surface area contributed by atoms with Gasteiger partial charge in [-0.05, 0) is 49.1 Å². The molecule has 162 valence electrons. The van der Waals surface area contributed by atoms with Crippen LogP contribution in [0.5, 0.6) is 5.75 Å². The maximum atomic E-state index is 12.4. The number of likely N-dealkylation sites (tertiary alicyclic amines) is 1. The summed E-state index contributed by atoms with van der Waals surface area (Å²) < 4.78 is 11.0. The molecule has 0 aliphatic carbocycles. The number of ether oxygens (including phenoxy) is 1. The first-order chi connectivity index (χ1) is 15.1. The topological polar surface area (TPSA) is 71.8 Å². The zero-order chi connectivity index (χ0) is 21.6. The lowest BCUT2D eigenvalue weighted by Crippen LogP contribution is -2.48. The zero-order valence-corrected chi connectivity index (χ0v) is 17.8. The summed E-state index contributed by atoms with van der Waals surface area (Å²) in [6.07, 6.45) is 2.77. The van der Waals surface area contributed by atoms with Gasteiger partial charge < -0.3 is 14.5 Å². The number of amides is 1. The van der Waals surface area contributed by atoms with Crippen molar-refractivity contribution in [3.8, 4) is 5.75 Å². The third-order valence-corrected chi connectivity index (χ3v) is 5.67. The Bertz CT molecular complexity index is 1090.